The minimum Gasteiger partial charge on any atom is -0.362 e. The van der Waals surface area contributed by atoms with Crippen molar-refractivity contribution in [1.82, 2.24) is 4.90 Å². The number of ether oxygens (including phenoxy) is 1. The molecule has 3 unspecified atom stereocenters. The third kappa shape index (κ3) is 1.62. The van der Waals surface area contributed by atoms with Crippen molar-refractivity contribution in [1.29, 1.82) is 0 Å². The van der Waals surface area contributed by atoms with Crippen molar-refractivity contribution in [3.63, 3.8) is 0 Å². The van der Waals surface area contributed by atoms with E-state index in [1.165, 1.54) is 0 Å². The molecule has 3 aliphatic rings. The van der Waals surface area contributed by atoms with E-state index in [0.29, 0.717) is 5.92 Å². The first kappa shape index (κ1) is 9.87. The number of carbonyl (C=O) groups is 1. The van der Waals surface area contributed by atoms with E-state index in [0.717, 1.165) is 19.4 Å². The second kappa shape index (κ2) is 3.83. The molecule has 2 bridgehead atoms. The lowest BCUT2D eigenvalue weighted by Crippen LogP contribution is -2.55. The summed E-state index contributed by atoms with van der Waals surface area (Å²) in [4.78, 5) is 13.6. The van der Waals surface area contributed by atoms with Crippen LogP contribution in [0.2, 0.25) is 0 Å². The number of hydrogen-bond donors (Lipinski definition) is 0. The highest BCUT2D eigenvalue weighted by atomic mass is 16.5. The van der Waals surface area contributed by atoms with Gasteiger partial charge in [0.25, 0.3) is 0 Å². The van der Waals surface area contributed by atoms with E-state index in [2.05, 4.69) is 17.1 Å². The zero-order valence-electron chi connectivity index (χ0n) is 8.77. The molecule has 0 N–H and O–H groups in total. The number of hydrogen-bond acceptors (Lipinski definition) is 3. The van der Waals surface area contributed by atoms with Gasteiger partial charge in [-0.25, -0.2) is 0 Å². The van der Waals surface area contributed by atoms with Gasteiger partial charge in [0.1, 0.15) is 12.0 Å². The maximum Gasteiger partial charge on any atom is 0.147 e. The molecule has 0 aliphatic carbocycles. The van der Waals surface area contributed by atoms with Gasteiger partial charge in [0.15, 0.2) is 0 Å². The minimum absolute atomic E-state index is 0.0544. The molecule has 1 fully saturated rings. The van der Waals surface area contributed by atoms with Gasteiger partial charge in [0.2, 0.25) is 0 Å². The lowest BCUT2D eigenvalue weighted by Gasteiger charge is -2.43. The number of Topliss-reactive ketones (excluding diaryl/α,β-unsaturated/α-hetero) is 1. The lowest BCUT2D eigenvalue weighted by atomic mass is 9.89. The van der Waals surface area contributed by atoms with Crippen LogP contribution >= 0.6 is 0 Å². The molecule has 0 saturated carbocycles. The Hall–Kier alpha value is -0.670. The predicted molar refractivity (Wildman–Crippen MR) is 53.8 cm³/mol. The van der Waals surface area contributed by atoms with Crippen molar-refractivity contribution in [3.05, 3.63) is 12.2 Å². The van der Waals surface area contributed by atoms with Gasteiger partial charge in [-0.2, -0.15) is 0 Å². The summed E-state index contributed by atoms with van der Waals surface area (Å²) in [6, 6.07) is 0.0544. The Balaban J connectivity index is 2.25. The number of carbonyl (C=O) groups excluding carboxylic acids is 1. The van der Waals surface area contributed by atoms with Crippen LogP contribution in [0.15, 0.2) is 12.2 Å². The van der Waals surface area contributed by atoms with Crippen molar-refractivity contribution in [2.24, 2.45) is 5.92 Å². The molecular weight excluding hydrogens is 178 g/mol. The Morgan fingerprint density at radius 1 is 1.43 bits per heavy atom. The smallest absolute Gasteiger partial charge is 0.147 e. The van der Waals surface area contributed by atoms with Gasteiger partial charge in [-0.05, 0) is 20.4 Å². The van der Waals surface area contributed by atoms with E-state index < -0.39 is 0 Å². The molecule has 0 aromatic rings. The zero-order valence-corrected chi connectivity index (χ0v) is 8.77. The fourth-order valence-electron chi connectivity index (χ4n) is 2.49. The number of fused-ring (bicyclic) bond motifs is 4. The van der Waals surface area contributed by atoms with Crippen molar-refractivity contribution in [2.75, 3.05) is 13.7 Å². The maximum absolute atomic E-state index is 11.5. The van der Waals surface area contributed by atoms with Gasteiger partial charge in [0.05, 0.1) is 12.6 Å². The zero-order chi connectivity index (χ0) is 10.1. The molecular formula is C11H17NO2. The molecule has 0 aromatic carbocycles. The lowest BCUT2D eigenvalue weighted by molar-refractivity contribution is -0.156. The van der Waals surface area contributed by atoms with Crippen LogP contribution < -0.4 is 0 Å². The van der Waals surface area contributed by atoms with E-state index >= 15 is 0 Å². The minimum atomic E-state index is 0.0544. The largest absolute Gasteiger partial charge is 0.362 e. The molecule has 3 heterocycles. The van der Waals surface area contributed by atoms with Crippen LogP contribution in [-0.2, 0) is 9.53 Å². The Morgan fingerprint density at radius 3 is 2.86 bits per heavy atom. The van der Waals surface area contributed by atoms with E-state index in [9.17, 15) is 4.79 Å². The van der Waals surface area contributed by atoms with Crippen LogP contribution in [0.3, 0.4) is 0 Å². The fourth-order valence-corrected chi connectivity index (χ4v) is 2.49. The van der Waals surface area contributed by atoms with Crippen LogP contribution in [0.1, 0.15) is 19.8 Å². The van der Waals surface area contributed by atoms with Gasteiger partial charge in [-0.15, -0.1) is 0 Å². The molecule has 3 heteroatoms. The fraction of sp³-hybridized carbons (Fsp3) is 0.727. The molecule has 0 amide bonds. The van der Waals surface area contributed by atoms with Gasteiger partial charge >= 0.3 is 0 Å². The van der Waals surface area contributed by atoms with Gasteiger partial charge in [-0.3, -0.25) is 9.69 Å². The molecule has 3 aliphatic heterocycles. The first-order chi connectivity index (χ1) is 6.70. The monoisotopic (exact) mass is 195 g/mol. The quantitative estimate of drug-likeness (QED) is 0.589. The van der Waals surface area contributed by atoms with Crippen LogP contribution in [-0.4, -0.2) is 36.6 Å². The molecule has 0 aromatic heterocycles. The second-order valence-electron chi connectivity index (χ2n) is 4.21. The van der Waals surface area contributed by atoms with Gasteiger partial charge in [-0.1, -0.05) is 12.2 Å². The summed E-state index contributed by atoms with van der Waals surface area (Å²) in [5, 5.41) is 0. The standard InChI is InChI=1S/C11H17NO2/c1-8(13)11-9-5-3-4-6-10(12(11)2)14-7-9/h3-4,9-11H,5-7H2,1-2H3/b4-3-. The highest BCUT2D eigenvalue weighted by Crippen LogP contribution is 2.28. The SMILES string of the molecule is CC(=O)C1C2C/C=C\CC(OC2)N1C. The van der Waals surface area contributed by atoms with Crippen molar-refractivity contribution >= 4 is 5.78 Å². The van der Waals surface area contributed by atoms with E-state index in [1.54, 1.807) is 6.92 Å². The average molecular weight is 195 g/mol. The molecule has 1 saturated heterocycles. The third-order valence-electron chi connectivity index (χ3n) is 3.20. The number of ketones is 1. The van der Waals surface area contributed by atoms with Gasteiger partial charge in [0, 0.05) is 12.3 Å². The molecule has 0 spiro atoms. The second-order valence-corrected chi connectivity index (χ2v) is 4.21. The number of rotatable bonds is 1. The summed E-state index contributed by atoms with van der Waals surface area (Å²) in [7, 11) is 1.99. The molecule has 78 valence electrons. The first-order valence-electron chi connectivity index (χ1n) is 5.19. The number of nitrogens with zero attached hydrogens (tertiary/aromatic N) is 1. The third-order valence-corrected chi connectivity index (χ3v) is 3.20. The predicted octanol–water partition coefficient (Wildman–Crippen LogP) is 1.20. The average Bonchev–Trinajstić information content (AvgIpc) is 2.06. The summed E-state index contributed by atoms with van der Waals surface area (Å²) < 4.78 is 5.70. The number of allylic oxidation sites excluding steroid dienone is 1. The van der Waals surface area contributed by atoms with Crippen molar-refractivity contribution in [3.8, 4) is 0 Å². The summed E-state index contributed by atoms with van der Waals surface area (Å²) in [6.45, 7) is 2.41. The molecule has 14 heavy (non-hydrogen) atoms. The summed E-state index contributed by atoms with van der Waals surface area (Å²) in [5.41, 5.74) is 0. The van der Waals surface area contributed by atoms with Crippen molar-refractivity contribution < 1.29 is 9.53 Å². The van der Waals surface area contributed by atoms with E-state index in [4.69, 9.17) is 4.74 Å². The molecule has 3 nitrogen and oxygen atoms in total. The van der Waals surface area contributed by atoms with Crippen LogP contribution in [0.4, 0.5) is 0 Å². The van der Waals surface area contributed by atoms with E-state index in [-0.39, 0.29) is 18.1 Å². The highest BCUT2D eigenvalue weighted by molar-refractivity contribution is 5.82. The molecule has 3 rings (SSSR count). The molecule has 3 atom stereocenters. The van der Waals surface area contributed by atoms with Gasteiger partial charge < -0.3 is 4.74 Å². The Bertz CT molecular complexity index is 262. The normalized spacial score (nSPS) is 40.3. The summed E-state index contributed by atoms with van der Waals surface area (Å²) in [5.74, 6) is 0.603. The maximum atomic E-state index is 11.5. The highest BCUT2D eigenvalue weighted by Gasteiger charge is 2.38. The Kier molecular flexibility index (Phi) is 2.70. The first-order valence-corrected chi connectivity index (χ1v) is 5.19. The Morgan fingerprint density at radius 2 is 2.14 bits per heavy atom. The molecule has 0 radical (unpaired) electrons. The van der Waals surface area contributed by atoms with Crippen LogP contribution in [0.5, 0.6) is 0 Å². The van der Waals surface area contributed by atoms with Crippen LogP contribution in [0, 0.1) is 5.92 Å². The van der Waals surface area contributed by atoms with Crippen molar-refractivity contribution in [2.45, 2.75) is 32.0 Å². The summed E-state index contributed by atoms with van der Waals surface area (Å²) >= 11 is 0. The topological polar surface area (TPSA) is 29.5 Å². The Labute approximate surface area is 84.7 Å². The van der Waals surface area contributed by atoms with E-state index in [1.807, 2.05) is 7.05 Å². The summed E-state index contributed by atoms with van der Waals surface area (Å²) in [6.07, 6.45) is 6.29. The van der Waals surface area contributed by atoms with Crippen LogP contribution in [0.25, 0.3) is 0 Å². The number of likely N-dealkylation sites (N-methyl/N-ethyl adjacent to an activating group) is 1.